The average Bonchev–Trinajstić information content (AvgIpc) is 3.08. The maximum absolute atomic E-state index is 12.6. The first-order valence-electron chi connectivity index (χ1n) is 7.41. The van der Waals surface area contributed by atoms with E-state index in [1.807, 2.05) is 0 Å². The zero-order valence-electron chi connectivity index (χ0n) is 13.3. The standard InChI is InChI=1S/C17H11N3O5/c1-8-7-12(13-9(2)19-24-14(13)18-8)17(23)25-20-15(21)10-5-3-4-6-11(10)16(20)22/h3-7H,1-2H3. The lowest BCUT2D eigenvalue weighted by Crippen LogP contribution is -2.32. The van der Waals surface area contributed by atoms with E-state index < -0.39 is 17.8 Å². The van der Waals surface area contributed by atoms with Gasteiger partial charge >= 0.3 is 5.97 Å². The molecule has 0 bridgehead atoms. The number of fused-ring (bicyclic) bond motifs is 2. The minimum absolute atomic E-state index is 0.123. The van der Waals surface area contributed by atoms with E-state index in [1.165, 1.54) is 18.2 Å². The second-order valence-electron chi connectivity index (χ2n) is 5.59. The zero-order valence-corrected chi connectivity index (χ0v) is 13.3. The van der Waals surface area contributed by atoms with Gasteiger partial charge in [0.05, 0.1) is 27.8 Å². The first-order chi connectivity index (χ1) is 12.0. The van der Waals surface area contributed by atoms with Crippen LogP contribution >= 0.6 is 0 Å². The van der Waals surface area contributed by atoms with Gasteiger partial charge in [-0.05, 0) is 32.0 Å². The van der Waals surface area contributed by atoms with Crippen molar-refractivity contribution in [2.45, 2.75) is 13.8 Å². The smallest absolute Gasteiger partial charge is 0.336 e. The largest absolute Gasteiger partial charge is 0.364 e. The van der Waals surface area contributed by atoms with Crippen LogP contribution in [0, 0.1) is 13.8 Å². The number of amides is 2. The number of rotatable bonds is 2. The number of nitrogens with zero attached hydrogens (tertiary/aromatic N) is 3. The van der Waals surface area contributed by atoms with Crippen LogP contribution < -0.4 is 0 Å². The average molecular weight is 337 g/mol. The number of aromatic nitrogens is 2. The maximum atomic E-state index is 12.6. The fourth-order valence-corrected chi connectivity index (χ4v) is 2.76. The molecule has 2 amide bonds. The monoisotopic (exact) mass is 337 g/mol. The molecule has 3 heterocycles. The Balaban J connectivity index is 1.72. The van der Waals surface area contributed by atoms with Crippen LogP contribution in [0.3, 0.4) is 0 Å². The van der Waals surface area contributed by atoms with Crippen molar-refractivity contribution in [3.05, 3.63) is 58.4 Å². The lowest BCUT2D eigenvalue weighted by atomic mass is 10.1. The Hall–Kier alpha value is -3.55. The fraction of sp³-hybridized carbons (Fsp3) is 0.118. The number of aryl methyl sites for hydroxylation is 2. The van der Waals surface area contributed by atoms with Crippen LogP contribution in [0.25, 0.3) is 11.1 Å². The van der Waals surface area contributed by atoms with E-state index in [-0.39, 0.29) is 22.4 Å². The molecule has 0 radical (unpaired) electrons. The Kier molecular flexibility index (Phi) is 3.14. The van der Waals surface area contributed by atoms with E-state index in [0.29, 0.717) is 21.8 Å². The molecule has 0 unspecified atom stereocenters. The van der Waals surface area contributed by atoms with Crippen LogP contribution in [0.5, 0.6) is 0 Å². The zero-order chi connectivity index (χ0) is 17.7. The molecule has 0 fully saturated rings. The summed E-state index contributed by atoms with van der Waals surface area (Å²) in [4.78, 5) is 46.4. The van der Waals surface area contributed by atoms with Gasteiger partial charge in [-0.3, -0.25) is 9.59 Å². The van der Waals surface area contributed by atoms with E-state index >= 15 is 0 Å². The number of carbonyl (C=O) groups is 3. The van der Waals surface area contributed by atoms with Crippen molar-refractivity contribution in [2.75, 3.05) is 0 Å². The highest BCUT2D eigenvalue weighted by atomic mass is 16.7. The number of hydroxylamine groups is 2. The molecule has 25 heavy (non-hydrogen) atoms. The third-order valence-electron chi connectivity index (χ3n) is 3.90. The van der Waals surface area contributed by atoms with Crippen LogP contribution in [-0.2, 0) is 4.84 Å². The van der Waals surface area contributed by atoms with Crippen molar-refractivity contribution >= 4 is 28.9 Å². The summed E-state index contributed by atoms with van der Waals surface area (Å²) in [5.74, 6) is -2.23. The maximum Gasteiger partial charge on any atom is 0.364 e. The van der Waals surface area contributed by atoms with Crippen molar-refractivity contribution in [3.8, 4) is 0 Å². The third-order valence-corrected chi connectivity index (χ3v) is 3.90. The minimum atomic E-state index is -0.865. The Labute approximate surface area is 140 Å². The predicted octanol–water partition coefficient (Wildman–Crippen LogP) is 2.21. The van der Waals surface area contributed by atoms with E-state index in [2.05, 4.69) is 10.1 Å². The van der Waals surface area contributed by atoms with Gasteiger partial charge in [-0.15, -0.1) is 0 Å². The number of benzene rings is 1. The molecule has 1 aromatic carbocycles. The van der Waals surface area contributed by atoms with Gasteiger partial charge in [0.15, 0.2) is 0 Å². The molecule has 0 N–H and O–H groups in total. The van der Waals surface area contributed by atoms with E-state index in [9.17, 15) is 14.4 Å². The highest BCUT2D eigenvalue weighted by molar-refractivity contribution is 6.21. The second kappa shape index (κ2) is 5.23. The molecule has 0 atom stereocenters. The molecular weight excluding hydrogens is 326 g/mol. The van der Waals surface area contributed by atoms with Gasteiger partial charge in [-0.25, -0.2) is 9.78 Å². The molecule has 124 valence electrons. The Morgan fingerprint density at radius 2 is 1.76 bits per heavy atom. The summed E-state index contributed by atoms with van der Waals surface area (Å²) < 4.78 is 5.07. The number of carbonyl (C=O) groups excluding carboxylic acids is 3. The molecule has 8 heteroatoms. The quantitative estimate of drug-likeness (QED) is 0.660. The van der Waals surface area contributed by atoms with E-state index in [0.717, 1.165) is 0 Å². The summed E-state index contributed by atoms with van der Waals surface area (Å²) >= 11 is 0. The first-order valence-corrected chi connectivity index (χ1v) is 7.41. The highest BCUT2D eigenvalue weighted by Crippen LogP contribution is 2.26. The summed E-state index contributed by atoms with van der Waals surface area (Å²) in [6, 6.07) is 7.76. The Morgan fingerprint density at radius 1 is 1.12 bits per heavy atom. The summed E-state index contributed by atoms with van der Waals surface area (Å²) in [6.07, 6.45) is 0. The normalized spacial score (nSPS) is 13.4. The first kappa shape index (κ1) is 15.0. The van der Waals surface area contributed by atoms with Crippen LogP contribution in [0.4, 0.5) is 0 Å². The van der Waals surface area contributed by atoms with Gasteiger partial charge in [0.1, 0.15) is 0 Å². The molecule has 2 aromatic heterocycles. The summed E-state index contributed by atoms with van der Waals surface area (Å²) in [5, 5.41) is 4.63. The van der Waals surface area contributed by atoms with Crippen molar-refractivity contribution < 1.29 is 23.7 Å². The van der Waals surface area contributed by atoms with Crippen molar-refractivity contribution in [1.29, 1.82) is 0 Å². The molecule has 0 saturated carbocycles. The van der Waals surface area contributed by atoms with Crippen molar-refractivity contribution in [1.82, 2.24) is 15.2 Å². The second-order valence-corrected chi connectivity index (χ2v) is 5.59. The van der Waals surface area contributed by atoms with Gasteiger partial charge in [0.25, 0.3) is 17.5 Å². The molecule has 0 saturated heterocycles. The lowest BCUT2D eigenvalue weighted by molar-refractivity contribution is -0.0583. The molecule has 1 aliphatic rings. The van der Waals surface area contributed by atoms with Gasteiger partial charge in [-0.1, -0.05) is 22.4 Å². The fourth-order valence-electron chi connectivity index (χ4n) is 2.76. The number of hydrogen-bond donors (Lipinski definition) is 0. The van der Waals surface area contributed by atoms with Crippen LogP contribution in [0.1, 0.15) is 42.5 Å². The number of imide groups is 1. The third kappa shape index (κ3) is 2.18. The molecule has 1 aliphatic heterocycles. The summed E-state index contributed by atoms with van der Waals surface area (Å²) in [7, 11) is 0. The minimum Gasteiger partial charge on any atom is -0.336 e. The number of pyridine rings is 1. The van der Waals surface area contributed by atoms with Gasteiger partial charge in [0, 0.05) is 5.69 Å². The van der Waals surface area contributed by atoms with Gasteiger partial charge in [-0.2, -0.15) is 0 Å². The Bertz CT molecular complexity index is 1030. The van der Waals surface area contributed by atoms with Crippen LogP contribution in [-0.4, -0.2) is 33.0 Å². The molecule has 0 aliphatic carbocycles. The van der Waals surface area contributed by atoms with Crippen LogP contribution in [0.2, 0.25) is 0 Å². The molecule has 8 nitrogen and oxygen atoms in total. The summed E-state index contributed by atoms with van der Waals surface area (Å²) in [6.45, 7) is 3.33. The summed E-state index contributed by atoms with van der Waals surface area (Å²) in [5.41, 5.74) is 1.66. The van der Waals surface area contributed by atoms with Crippen LogP contribution in [0.15, 0.2) is 34.9 Å². The highest BCUT2D eigenvalue weighted by Gasteiger charge is 2.39. The number of hydrogen-bond acceptors (Lipinski definition) is 7. The predicted molar refractivity (Wildman–Crippen MR) is 83.6 cm³/mol. The van der Waals surface area contributed by atoms with Crippen molar-refractivity contribution in [3.63, 3.8) is 0 Å². The van der Waals surface area contributed by atoms with Gasteiger partial charge in [0.2, 0.25) is 0 Å². The molecular formula is C17H11N3O5. The van der Waals surface area contributed by atoms with Crippen molar-refractivity contribution in [2.24, 2.45) is 0 Å². The topological polar surface area (TPSA) is 103 Å². The molecule has 0 spiro atoms. The van der Waals surface area contributed by atoms with Gasteiger partial charge < -0.3 is 9.36 Å². The SMILES string of the molecule is Cc1cc(C(=O)ON2C(=O)c3ccccc3C2=O)c2c(C)noc2n1. The lowest BCUT2D eigenvalue weighted by Gasteiger charge is -2.13. The van der Waals surface area contributed by atoms with E-state index in [1.54, 1.807) is 26.0 Å². The molecule has 3 aromatic rings. The molecule has 4 rings (SSSR count). The Morgan fingerprint density at radius 3 is 2.40 bits per heavy atom. The van der Waals surface area contributed by atoms with E-state index in [4.69, 9.17) is 9.36 Å².